The number of phenols is 1. The first kappa shape index (κ1) is 12.8. The van der Waals surface area contributed by atoms with Gasteiger partial charge in [0.25, 0.3) is 0 Å². The van der Waals surface area contributed by atoms with Crippen molar-refractivity contribution in [1.82, 2.24) is 4.90 Å². The number of nitrogens with zero attached hydrogens (tertiary/aromatic N) is 1. The van der Waals surface area contributed by atoms with Gasteiger partial charge in [-0.25, -0.2) is 0 Å². The third kappa shape index (κ3) is 2.00. The summed E-state index contributed by atoms with van der Waals surface area (Å²) < 4.78 is 6.18. The van der Waals surface area contributed by atoms with Crippen LogP contribution < -0.4 is 4.74 Å². The molecule has 0 spiro atoms. The number of fused-ring (bicyclic) bond motifs is 3. The molecule has 0 aliphatic carbocycles. The van der Waals surface area contributed by atoms with E-state index in [4.69, 9.17) is 4.74 Å². The molecule has 0 unspecified atom stereocenters. The molecule has 2 heterocycles. The highest BCUT2D eigenvalue weighted by atomic mass is 16.5. The first-order valence-electron chi connectivity index (χ1n) is 7.34. The Morgan fingerprint density at radius 2 is 2.32 bits per heavy atom. The molecule has 3 heteroatoms. The van der Waals surface area contributed by atoms with Crippen LogP contribution in [0.1, 0.15) is 38.2 Å². The smallest absolute Gasteiger partial charge is 0.124 e. The number of ether oxygens (including phenoxy) is 1. The lowest BCUT2D eigenvalue weighted by molar-refractivity contribution is 0.0490. The summed E-state index contributed by atoms with van der Waals surface area (Å²) in [5.41, 5.74) is 1.36. The maximum Gasteiger partial charge on any atom is 0.124 e. The van der Waals surface area contributed by atoms with Gasteiger partial charge < -0.3 is 14.7 Å². The number of likely N-dealkylation sites (N-methyl/N-ethyl adjacent to an activating group) is 1. The molecule has 19 heavy (non-hydrogen) atoms. The van der Waals surface area contributed by atoms with E-state index in [0.29, 0.717) is 5.75 Å². The number of hydrogen-bond donors (Lipinski definition) is 1. The molecule has 2 atom stereocenters. The highest BCUT2D eigenvalue weighted by Crippen LogP contribution is 2.51. The van der Waals surface area contributed by atoms with Crippen molar-refractivity contribution in [2.75, 3.05) is 20.1 Å². The predicted octanol–water partition coefficient (Wildman–Crippen LogP) is 2.92. The summed E-state index contributed by atoms with van der Waals surface area (Å²) in [6.07, 6.45) is 4.97. The molecule has 2 aliphatic heterocycles. The zero-order valence-corrected chi connectivity index (χ0v) is 11.9. The van der Waals surface area contributed by atoms with Gasteiger partial charge in [0.2, 0.25) is 0 Å². The van der Waals surface area contributed by atoms with Crippen molar-refractivity contribution >= 4 is 0 Å². The number of likely N-dealkylation sites (tertiary alicyclic amines) is 1. The van der Waals surface area contributed by atoms with E-state index in [1.165, 1.54) is 24.8 Å². The number of phenolic OH excluding ortho intramolecular Hbond substituents is 1. The first-order valence-corrected chi connectivity index (χ1v) is 7.34. The van der Waals surface area contributed by atoms with Gasteiger partial charge in [-0.3, -0.25) is 0 Å². The lowest BCUT2D eigenvalue weighted by Gasteiger charge is -2.42. The van der Waals surface area contributed by atoms with Crippen LogP contribution in [0.25, 0.3) is 0 Å². The van der Waals surface area contributed by atoms with Gasteiger partial charge >= 0.3 is 0 Å². The number of benzene rings is 1. The molecule has 1 fully saturated rings. The first-order chi connectivity index (χ1) is 9.15. The van der Waals surface area contributed by atoms with Crippen molar-refractivity contribution in [2.24, 2.45) is 0 Å². The molecule has 0 radical (unpaired) electrons. The van der Waals surface area contributed by atoms with E-state index < -0.39 is 0 Å². The van der Waals surface area contributed by atoms with Crippen LogP contribution in [0, 0.1) is 0 Å². The van der Waals surface area contributed by atoms with Crippen LogP contribution in [-0.4, -0.2) is 36.2 Å². The number of aromatic hydroxyl groups is 1. The number of unbranched alkanes of at least 4 members (excludes halogenated alkanes) is 1. The summed E-state index contributed by atoms with van der Waals surface area (Å²) in [6.45, 7) is 4.33. The molecule has 0 saturated carbocycles. The molecule has 3 nitrogen and oxygen atoms in total. The standard InChI is InChI=1S/C16H23NO2/c1-3-4-7-16-8-9-17(2)11-15(16)19-14-6-5-12(18)10-13(14)16/h5-6,10,15,18H,3-4,7-9,11H2,1-2H3/t15-,16-/m0/s1. The Morgan fingerprint density at radius 3 is 3.11 bits per heavy atom. The summed E-state index contributed by atoms with van der Waals surface area (Å²) in [4.78, 5) is 2.35. The van der Waals surface area contributed by atoms with E-state index in [0.717, 1.165) is 25.3 Å². The second-order valence-electron chi connectivity index (χ2n) is 6.06. The minimum atomic E-state index is 0.122. The molecule has 0 aromatic heterocycles. The Bertz CT molecular complexity index is 470. The van der Waals surface area contributed by atoms with Gasteiger partial charge in [-0.05, 0) is 44.6 Å². The SMILES string of the molecule is CCCC[C@@]12CCN(C)C[C@@H]1Oc1ccc(O)cc12. The van der Waals surface area contributed by atoms with Gasteiger partial charge in [0.15, 0.2) is 0 Å². The van der Waals surface area contributed by atoms with Crippen molar-refractivity contribution in [1.29, 1.82) is 0 Å². The quantitative estimate of drug-likeness (QED) is 0.908. The molecule has 2 aliphatic rings. The van der Waals surface area contributed by atoms with Crippen molar-refractivity contribution in [2.45, 2.75) is 44.1 Å². The normalized spacial score (nSPS) is 29.7. The number of rotatable bonds is 3. The zero-order chi connectivity index (χ0) is 13.5. The van der Waals surface area contributed by atoms with Gasteiger partial charge in [0.05, 0.1) is 0 Å². The molecular formula is C16H23NO2. The van der Waals surface area contributed by atoms with E-state index >= 15 is 0 Å². The van der Waals surface area contributed by atoms with Crippen LogP contribution in [0.15, 0.2) is 18.2 Å². The molecule has 0 amide bonds. The van der Waals surface area contributed by atoms with Gasteiger partial charge in [0.1, 0.15) is 17.6 Å². The van der Waals surface area contributed by atoms with E-state index in [9.17, 15) is 5.11 Å². The summed E-state index contributed by atoms with van der Waals surface area (Å²) in [6, 6.07) is 5.58. The average molecular weight is 261 g/mol. The average Bonchev–Trinajstić information content (AvgIpc) is 2.70. The molecule has 3 rings (SSSR count). The molecular weight excluding hydrogens is 238 g/mol. The molecule has 0 bridgehead atoms. The third-order valence-electron chi connectivity index (χ3n) is 4.78. The van der Waals surface area contributed by atoms with Crippen LogP contribution in [0.3, 0.4) is 0 Å². The highest BCUT2D eigenvalue weighted by molar-refractivity contribution is 5.49. The fourth-order valence-corrected chi connectivity index (χ4v) is 3.63. The Balaban J connectivity index is 2.00. The van der Waals surface area contributed by atoms with Crippen LogP contribution in [0.4, 0.5) is 0 Å². The Kier molecular flexibility index (Phi) is 3.17. The third-order valence-corrected chi connectivity index (χ3v) is 4.78. The van der Waals surface area contributed by atoms with Gasteiger partial charge in [-0.2, -0.15) is 0 Å². The second-order valence-corrected chi connectivity index (χ2v) is 6.06. The maximum atomic E-state index is 9.81. The maximum absolute atomic E-state index is 9.81. The summed E-state index contributed by atoms with van der Waals surface area (Å²) in [5.74, 6) is 1.34. The molecule has 104 valence electrons. The van der Waals surface area contributed by atoms with Gasteiger partial charge in [-0.1, -0.05) is 19.8 Å². The van der Waals surface area contributed by atoms with Crippen molar-refractivity contribution in [3.8, 4) is 11.5 Å². The zero-order valence-electron chi connectivity index (χ0n) is 11.9. The van der Waals surface area contributed by atoms with E-state index in [1.807, 2.05) is 12.1 Å². The van der Waals surface area contributed by atoms with Crippen LogP contribution in [-0.2, 0) is 5.41 Å². The summed E-state index contributed by atoms with van der Waals surface area (Å²) in [5, 5.41) is 9.81. The fraction of sp³-hybridized carbons (Fsp3) is 0.625. The molecule has 1 N–H and O–H groups in total. The summed E-state index contributed by atoms with van der Waals surface area (Å²) >= 11 is 0. The van der Waals surface area contributed by atoms with Crippen molar-refractivity contribution < 1.29 is 9.84 Å². The number of piperidine rings is 1. The van der Waals surface area contributed by atoms with E-state index in [-0.39, 0.29) is 11.5 Å². The lowest BCUT2D eigenvalue weighted by atomic mass is 9.69. The highest BCUT2D eigenvalue weighted by Gasteiger charge is 2.50. The van der Waals surface area contributed by atoms with Crippen LogP contribution >= 0.6 is 0 Å². The molecule has 1 saturated heterocycles. The van der Waals surface area contributed by atoms with E-state index in [1.54, 1.807) is 6.07 Å². The van der Waals surface area contributed by atoms with Gasteiger partial charge in [0, 0.05) is 17.5 Å². The monoisotopic (exact) mass is 261 g/mol. The van der Waals surface area contributed by atoms with Crippen molar-refractivity contribution in [3.05, 3.63) is 23.8 Å². The molecule has 1 aromatic rings. The minimum Gasteiger partial charge on any atom is -0.508 e. The number of hydrogen-bond acceptors (Lipinski definition) is 3. The second kappa shape index (κ2) is 4.71. The topological polar surface area (TPSA) is 32.7 Å². The predicted molar refractivity (Wildman–Crippen MR) is 75.8 cm³/mol. The minimum absolute atomic E-state index is 0.122. The fourth-order valence-electron chi connectivity index (χ4n) is 3.63. The largest absolute Gasteiger partial charge is 0.508 e. The van der Waals surface area contributed by atoms with Crippen LogP contribution in [0.2, 0.25) is 0 Å². The Hall–Kier alpha value is -1.22. The van der Waals surface area contributed by atoms with Crippen molar-refractivity contribution in [3.63, 3.8) is 0 Å². The van der Waals surface area contributed by atoms with Gasteiger partial charge in [-0.15, -0.1) is 0 Å². The van der Waals surface area contributed by atoms with E-state index in [2.05, 4.69) is 18.9 Å². The lowest BCUT2D eigenvalue weighted by Crippen LogP contribution is -2.51. The Morgan fingerprint density at radius 1 is 1.47 bits per heavy atom. The summed E-state index contributed by atoms with van der Waals surface area (Å²) in [7, 11) is 2.16. The molecule has 1 aromatic carbocycles. The van der Waals surface area contributed by atoms with Crippen LogP contribution in [0.5, 0.6) is 11.5 Å². The Labute approximate surface area is 115 Å².